The molecule has 0 fully saturated rings. The molecule has 1 aromatic rings. The zero-order chi connectivity index (χ0) is 17.6. The fourth-order valence-corrected chi connectivity index (χ4v) is 2.87. The first-order valence-electron chi connectivity index (χ1n) is 8.11. The number of benzene rings is 1. The Morgan fingerprint density at radius 1 is 1.17 bits per heavy atom. The zero-order valence-corrected chi connectivity index (χ0v) is 16.3. The van der Waals surface area contributed by atoms with Gasteiger partial charge in [-0.3, -0.25) is 9.59 Å². The van der Waals surface area contributed by atoms with Gasteiger partial charge in [0.2, 0.25) is 11.8 Å². The van der Waals surface area contributed by atoms with Crippen LogP contribution in [0.5, 0.6) is 0 Å². The van der Waals surface area contributed by atoms with E-state index in [2.05, 4.69) is 21.2 Å². The van der Waals surface area contributed by atoms with E-state index in [4.69, 9.17) is 0 Å². The Kier molecular flexibility index (Phi) is 7.26. The van der Waals surface area contributed by atoms with Crippen LogP contribution in [0.4, 0.5) is 5.69 Å². The van der Waals surface area contributed by atoms with E-state index in [-0.39, 0.29) is 11.8 Å². The Morgan fingerprint density at radius 2 is 1.74 bits per heavy atom. The lowest BCUT2D eigenvalue weighted by atomic mass is 9.89. The van der Waals surface area contributed by atoms with Crippen molar-refractivity contribution >= 4 is 33.4 Å². The predicted octanol–water partition coefficient (Wildman–Crippen LogP) is 4.37. The van der Waals surface area contributed by atoms with Crippen molar-refractivity contribution in [1.29, 1.82) is 0 Å². The Balaban J connectivity index is 2.92. The molecule has 0 aliphatic heterocycles. The minimum absolute atomic E-state index is 0.117. The maximum Gasteiger partial charge on any atom is 0.239 e. The van der Waals surface area contributed by atoms with Gasteiger partial charge < -0.3 is 10.2 Å². The molecule has 1 aromatic carbocycles. The van der Waals surface area contributed by atoms with E-state index >= 15 is 0 Å². The minimum Gasteiger partial charge on any atom is -0.342 e. The lowest BCUT2D eigenvalue weighted by Crippen LogP contribution is -2.48. The van der Waals surface area contributed by atoms with Crippen LogP contribution in [0.3, 0.4) is 0 Å². The summed E-state index contributed by atoms with van der Waals surface area (Å²) in [5.41, 5.74) is 0.593. The minimum atomic E-state index is -1.09. The molecule has 0 saturated carbocycles. The van der Waals surface area contributed by atoms with E-state index in [9.17, 15) is 9.59 Å². The SMILES string of the molecule is CCCN(CCC)C(=O)C(C)(C)C(=O)Nc1ccc(Br)cc1C. The highest BCUT2D eigenvalue weighted by Crippen LogP contribution is 2.25. The molecule has 1 rings (SSSR count). The second kappa shape index (κ2) is 8.48. The summed E-state index contributed by atoms with van der Waals surface area (Å²) in [5.74, 6) is -0.390. The number of anilines is 1. The van der Waals surface area contributed by atoms with E-state index in [1.165, 1.54) is 0 Å². The number of aryl methyl sites for hydroxylation is 1. The van der Waals surface area contributed by atoms with Gasteiger partial charge in [-0.2, -0.15) is 0 Å². The number of nitrogens with zero attached hydrogens (tertiary/aromatic N) is 1. The number of hydrogen-bond donors (Lipinski definition) is 1. The molecule has 0 aromatic heterocycles. The molecule has 0 aliphatic rings. The summed E-state index contributed by atoms with van der Waals surface area (Å²) in [7, 11) is 0. The van der Waals surface area contributed by atoms with Gasteiger partial charge in [-0.05, 0) is 57.4 Å². The lowest BCUT2D eigenvalue weighted by molar-refractivity contribution is -0.146. The number of rotatable bonds is 7. The molecular formula is C18H27BrN2O2. The zero-order valence-electron chi connectivity index (χ0n) is 14.7. The van der Waals surface area contributed by atoms with Crippen molar-refractivity contribution in [2.45, 2.75) is 47.5 Å². The van der Waals surface area contributed by atoms with Gasteiger partial charge in [-0.25, -0.2) is 0 Å². The second-order valence-corrected chi connectivity index (χ2v) is 7.25. The quantitative estimate of drug-likeness (QED) is 0.711. The summed E-state index contributed by atoms with van der Waals surface area (Å²) >= 11 is 3.41. The van der Waals surface area contributed by atoms with Crippen LogP contribution in [-0.2, 0) is 9.59 Å². The summed E-state index contributed by atoms with van der Waals surface area (Å²) in [6.45, 7) is 10.7. The Hall–Kier alpha value is -1.36. The van der Waals surface area contributed by atoms with Crippen LogP contribution in [0.1, 0.15) is 46.1 Å². The van der Waals surface area contributed by atoms with Gasteiger partial charge in [-0.15, -0.1) is 0 Å². The van der Waals surface area contributed by atoms with Crippen molar-refractivity contribution in [2.75, 3.05) is 18.4 Å². The van der Waals surface area contributed by atoms with Crippen molar-refractivity contribution < 1.29 is 9.59 Å². The fourth-order valence-electron chi connectivity index (χ4n) is 2.39. The van der Waals surface area contributed by atoms with E-state index in [1.54, 1.807) is 18.7 Å². The smallest absolute Gasteiger partial charge is 0.239 e. The van der Waals surface area contributed by atoms with Gasteiger partial charge in [0.25, 0.3) is 0 Å². The highest BCUT2D eigenvalue weighted by atomic mass is 79.9. The van der Waals surface area contributed by atoms with Gasteiger partial charge >= 0.3 is 0 Å². The highest BCUT2D eigenvalue weighted by molar-refractivity contribution is 9.10. The molecule has 0 aliphatic carbocycles. The van der Waals surface area contributed by atoms with Crippen molar-refractivity contribution in [3.05, 3.63) is 28.2 Å². The number of halogens is 1. The topological polar surface area (TPSA) is 49.4 Å². The van der Waals surface area contributed by atoms with Gasteiger partial charge in [0.15, 0.2) is 0 Å². The van der Waals surface area contributed by atoms with Crippen molar-refractivity contribution in [3.8, 4) is 0 Å². The van der Waals surface area contributed by atoms with Gasteiger partial charge in [-0.1, -0.05) is 29.8 Å². The Morgan fingerprint density at radius 3 is 2.22 bits per heavy atom. The molecule has 0 unspecified atom stereocenters. The van der Waals surface area contributed by atoms with Crippen molar-refractivity contribution in [2.24, 2.45) is 5.41 Å². The van der Waals surface area contributed by atoms with Crippen LogP contribution in [0.15, 0.2) is 22.7 Å². The molecule has 23 heavy (non-hydrogen) atoms. The normalized spacial score (nSPS) is 11.2. The van der Waals surface area contributed by atoms with E-state index < -0.39 is 5.41 Å². The standard InChI is InChI=1S/C18H27BrN2O2/c1-6-10-21(11-7-2)17(23)18(4,5)16(22)20-15-9-8-14(19)12-13(15)3/h8-9,12H,6-7,10-11H2,1-5H3,(H,20,22). The van der Waals surface area contributed by atoms with Crippen LogP contribution in [-0.4, -0.2) is 29.8 Å². The van der Waals surface area contributed by atoms with E-state index in [1.807, 2.05) is 39.0 Å². The summed E-state index contributed by atoms with van der Waals surface area (Å²) in [6.07, 6.45) is 1.77. The van der Waals surface area contributed by atoms with Crippen molar-refractivity contribution in [3.63, 3.8) is 0 Å². The number of carbonyl (C=O) groups is 2. The lowest BCUT2D eigenvalue weighted by Gasteiger charge is -2.31. The summed E-state index contributed by atoms with van der Waals surface area (Å²) in [5, 5.41) is 2.89. The maximum absolute atomic E-state index is 12.8. The number of nitrogens with one attached hydrogen (secondary N) is 1. The molecule has 128 valence electrons. The third-order valence-electron chi connectivity index (χ3n) is 3.81. The fraction of sp³-hybridized carbons (Fsp3) is 0.556. The van der Waals surface area contributed by atoms with E-state index in [0.717, 1.165) is 28.6 Å². The average molecular weight is 383 g/mol. The van der Waals surface area contributed by atoms with E-state index in [0.29, 0.717) is 13.1 Å². The third-order valence-corrected chi connectivity index (χ3v) is 4.31. The third kappa shape index (κ3) is 5.06. The molecule has 0 bridgehead atoms. The molecule has 0 atom stereocenters. The number of hydrogen-bond acceptors (Lipinski definition) is 2. The average Bonchev–Trinajstić information content (AvgIpc) is 2.48. The van der Waals surface area contributed by atoms with Gasteiger partial charge in [0.05, 0.1) is 0 Å². The first kappa shape index (κ1) is 19.7. The van der Waals surface area contributed by atoms with Crippen LogP contribution in [0, 0.1) is 12.3 Å². The van der Waals surface area contributed by atoms with Crippen LogP contribution < -0.4 is 5.32 Å². The van der Waals surface area contributed by atoms with Crippen LogP contribution in [0.2, 0.25) is 0 Å². The molecule has 4 nitrogen and oxygen atoms in total. The molecule has 0 radical (unpaired) electrons. The largest absolute Gasteiger partial charge is 0.342 e. The first-order chi connectivity index (χ1) is 10.7. The number of carbonyl (C=O) groups excluding carboxylic acids is 2. The summed E-state index contributed by atoms with van der Waals surface area (Å²) in [4.78, 5) is 27.2. The Labute approximate surface area is 147 Å². The monoisotopic (exact) mass is 382 g/mol. The molecule has 0 heterocycles. The maximum atomic E-state index is 12.8. The second-order valence-electron chi connectivity index (χ2n) is 6.33. The molecule has 5 heteroatoms. The molecule has 1 N–H and O–H groups in total. The van der Waals surface area contributed by atoms with Gasteiger partial charge in [0.1, 0.15) is 5.41 Å². The predicted molar refractivity (Wildman–Crippen MR) is 98.5 cm³/mol. The van der Waals surface area contributed by atoms with Crippen LogP contribution in [0.25, 0.3) is 0 Å². The molecule has 2 amide bonds. The van der Waals surface area contributed by atoms with Gasteiger partial charge in [0, 0.05) is 23.2 Å². The Bertz CT molecular complexity index is 564. The summed E-state index contributed by atoms with van der Waals surface area (Å²) < 4.78 is 0.959. The van der Waals surface area contributed by atoms with Crippen molar-refractivity contribution in [1.82, 2.24) is 4.90 Å². The molecule has 0 spiro atoms. The molecular weight excluding hydrogens is 356 g/mol. The first-order valence-corrected chi connectivity index (χ1v) is 8.90. The highest BCUT2D eigenvalue weighted by Gasteiger charge is 2.38. The summed E-state index contributed by atoms with van der Waals surface area (Å²) in [6, 6.07) is 5.65. The number of amides is 2. The molecule has 0 saturated heterocycles. The van der Waals surface area contributed by atoms with Crippen LogP contribution >= 0.6 is 15.9 Å².